The van der Waals surface area contributed by atoms with E-state index in [1.54, 1.807) is 54.7 Å². The first kappa shape index (κ1) is 24.4. The molecule has 0 unspecified atom stereocenters. The van der Waals surface area contributed by atoms with Crippen molar-refractivity contribution in [1.29, 1.82) is 5.26 Å². The van der Waals surface area contributed by atoms with Crippen LogP contribution in [-0.2, 0) is 4.79 Å². The Hall–Kier alpha value is -4.22. The number of hydrogen-bond acceptors (Lipinski definition) is 7. The fourth-order valence-corrected chi connectivity index (χ4v) is 3.19. The predicted molar refractivity (Wildman–Crippen MR) is 134 cm³/mol. The van der Waals surface area contributed by atoms with E-state index < -0.39 is 0 Å². The fourth-order valence-electron chi connectivity index (χ4n) is 3.19. The van der Waals surface area contributed by atoms with Crippen LogP contribution in [0.4, 0.5) is 5.69 Å². The van der Waals surface area contributed by atoms with Gasteiger partial charge >= 0.3 is 0 Å². The summed E-state index contributed by atoms with van der Waals surface area (Å²) in [5, 5.41) is 8.97. The van der Waals surface area contributed by atoms with Crippen LogP contribution in [0.15, 0.2) is 78.3 Å². The summed E-state index contributed by atoms with van der Waals surface area (Å²) in [7, 11) is 5.70. The first-order valence-electron chi connectivity index (χ1n) is 10.7. The third-order valence-electron chi connectivity index (χ3n) is 5.18. The topological polar surface area (TPSA) is 85.1 Å². The number of aromatic nitrogens is 1. The number of pyridine rings is 1. The number of anilines is 1. The lowest BCUT2D eigenvalue weighted by Gasteiger charge is -2.27. The number of carbonyl (C=O) groups is 1. The van der Waals surface area contributed by atoms with Crippen molar-refractivity contribution in [1.82, 2.24) is 14.8 Å². The van der Waals surface area contributed by atoms with Gasteiger partial charge in [0.1, 0.15) is 5.70 Å². The number of rotatable bonds is 9. The van der Waals surface area contributed by atoms with Crippen LogP contribution in [-0.4, -0.2) is 61.2 Å². The van der Waals surface area contributed by atoms with Crippen molar-refractivity contribution in [3.63, 3.8) is 0 Å². The van der Waals surface area contributed by atoms with Crippen molar-refractivity contribution < 1.29 is 9.53 Å². The summed E-state index contributed by atoms with van der Waals surface area (Å²) in [4.78, 5) is 27.0. The van der Waals surface area contributed by atoms with Crippen LogP contribution >= 0.6 is 0 Å². The summed E-state index contributed by atoms with van der Waals surface area (Å²) in [5.41, 5.74) is 3.35. The zero-order valence-electron chi connectivity index (χ0n) is 19.7. The fraction of sp³-hybridized carbons (Fsp3) is 0.231. The number of benzene rings is 1. The maximum absolute atomic E-state index is 13.0. The van der Waals surface area contributed by atoms with Gasteiger partial charge in [0.05, 0.1) is 30.2 Å². The van der Waals surface area contributed by atoms with Crippen molar-refractivity contribution in [2.75, 3.05) is 39.2 Å². The van der Waals surface area contributed by atoms with Crippen molar-refractivity contribution in [2.45, 2.75) is 6.42 Å². The number of carbonyl (C=O) groups excluding carboxylic acids is 1. The second-order valence-corrected chi connectivity index (χ2v) is 7.99. The zero-order chi connectivity index (χ0) is 24.7. The van der Waals surface area contributed by atoms with E-state index in [-0.39, 0.29) is 11.6 Å². The molecular weight excluding hydrogens is 428 g/mol. The normalized spacial score (nSPS) is 12.9. The van der Waals surface area contributed by atoms with E-state index >= 15 is 0 Å². The third kappa shape index (κ3) is 5.97. The van der Waals surface area contributed by atoms with E-state index in [4.69, 9.17) is 10.00 Å². The molecule has 1 aliphatic rings. The van der Waals surface area contributed by atoms with Gasteiger partial charge in [-0.3, -0.25) is 4.79 Å². The van der Waals surface area contributed by atoms with Gasteiger partial charge in [-0.1, -0.05) is 13.2 Å². The molecule has 0 bridgehead atoms. The highest BCUT2D eigenvalue weighted by molar-refractivity contribution is 6.07. The van der Waals surface area contributed by atoms with Crippen molar-refractivity contribution in [2.24, 2.45) is 4.99 Å². The zero-order valence-corrected chi connectivity index (χ0v) is 19.7. The molecule has 0 saturated heterocycles. The van der Waals surface area contributed by atoms with Gasteiger partial charge in [0.25, 0.3) is 5.91 Å². The van der Waals surface area contributed by atoms with Crippen LogP contribution in [0.3, 0.4) is 0 Å². The maximum Gasteiger partial charge on any atom is 0.278 e. The minimum absolute atomic E-state index is 0.231. The highest BCUT2D eigenvalue weighted by atomic mass is 16.5. The Labute approximate surface area is 200 Å². The van der Waals surface area contributed by atoms with E-state index in [0.717, 1.165) is 18.5 Å². The molecule has 2 heterocycles. The van der Waals surface area contributed by atoms with Gasteiger partial charge in [0.15, 0.2) is 0 Å². The molecule has 174 valence electrons. The van der Waals surface area contributed by atoms with E-state index in [0.29, 0.717) is 35.1 Å². The highest BCUT2D eigenvalue weighted by Crippen LogP contribution is 2.26. The van der Waals surface area contributed by atoms with Gasteiger partial charge in [-0.05, 0) is 50.8 Å². The molecule has 3 rings (SSSR count). The first-order valence-corrected chi connectivity index (χ1v) is 10.7. The predicted octanol–water partition coefficient (Wildman–Crippen LogP) is 3.66. The number of amides is 1. The second-order valence-electron chi connectivity index (χ2n) is 7.99. The Morgan fingerprint density at radius 1 is 1.18 bits per heavy atom. The van der Waals surface area contributed by atoms with Gasteiger partial charge < -0.3 is 19.4 Å². The molecule has 0 spiro atoms. The summed E-state index contributed by atoms with van der Waals surface area (Å²) in [6.07, 6.45) is 5.73. The Kier molecular flexibility index (Phi) is 7.96. The van der Waals surface area contributed by atoms with Gasteiger partial charge in [-0.15, -0.1) is 0 Å². The van der Waals surface area contributed by atoms with Gasteiger partial charge in [0.2, 0.25) is 5.88 Å². The largest absolute Gasteiger partial charge is 0.478 e. The molecule has 1 aromatic heterocycles. The Bertz CT molecular complexity index is 1160. The molecule has 0 atom stereocenters. The second kappa shape index (κ2) is 11.1. The van der Waals surface area contributed by atoms with Crippen LogP contribution in [0.1, 0.15) is 17.5 Å². The van der Waals surface area contributed by atoms with Crippen LogP contribution < -0.4 is 9.64 Å². The molecule has 8 nitrogen and oxygen atoms in total. The van der Waals surface area contributed by atoms with Crippen LogP contribution in [0.2, 0.25) is 0 Å². The Morgan fingerprint density at radius 3 is 2.53 bits per heavy atom. The minimum atomic E-state index is -0.300. The molecule has 0 fully saturated rings. The lowest BCUT2D eigenvalue weighted by molar-refractivity contribution is -0.114. The van der Waals surface area contributed by atoms with E-state index in [9.17, 15) is 4.79 Å². The molecule has 1 amide bonds. The van der Waals surface area contributed by atoms with Crippen molar-refractivity contribution in [3.8, 4) is 11.9 Å². The quantitative estimate of drug-likeness (QED) is 0.536. The smallest absolute Gasteiger partial charge is 0.278 e. The SMILES string of the molecule is C=C1C=NC(C(=O)N(C)c2ccc(C#N)cc2)=CN1C(=C)c1ccc(OCCCN(C)C)nc1. The third-order valence-corrected chi connectivity index (χ3v) is 5.18. The molecular formula is C26H28N6O2. The number of ether oxygens (including phenoxy) is 1. The molecule has 2 aromatic rings. The van der Waals surface area contributed by atoms with Gasteiger partial charge in [-0.25, -0.2) is 9.98 Å². The number of allylic oxidation sites excluding steroid dienone is 1. The van der Waals surface area contributed by atoms with E-state index in [2.05, 4.69) is 34.1 Å². The molecule has 34 heavy (non-hydrogen) atoms. The number of likely N-dealkylation sites (N-methyl/N-ethyl adjacent to an activating group) is 1. The summed E-state index contributed by atoms with van der Waals surface area (Å²) < 4.78 is 5.69. The van der Waals surface area contributed by atoms with Gasteiger partial charge in [0, 0.05) is 49.0 Å². The van der Waals surface area contributed by atoms with Gasteiger partial charge in [-0.2, -0.15) is 5.26 Å². The van der Waals surface area contributed by atoms with Crippen LogP contribution in [0.5, 0.6) is 5.88 Å². The summed E-state index contributed by atoms with van der Waals surface area (Å²) >= 11 is 0. The highest BCUT2D eigenvalue weighted by Gasteiger charge is 2.22. The summed E-state index contributed by atoms with van der Waals surface area (Å²) in [5.74, 6) is 0.246. The molecule has 1 aliphatic heterocycles. The molecule has 0 saturated carbocycles. The molecule has 0 N–H and O–H groups in total. The minimum Gasteiger partial charge on any atom is -0.478 e. The monoisotopic (exact) mass is 456 g/mol. The average Bonchev–Trinajstić information content (AvgIpc) is 2.86. The number of nitrogens with zero attached hydrogens (tertiary/aromatic N) is 6. The molecule has 0 radical (unpaired) electrons. The molecule has 8 heteroatoms. The van der Waals surface area contributed by atoms with Crippen LogP contribution in [0.25, 0.3) is 5.70 Å². The standard InChI is InChI=1S/C26H28N6O2/c1-19-16-28-24(26(33)31(5)23-10-7-21(15-27)8-11-23)18-32(19)20(2)22-9-12-25(29-17-22)34-14-6-13-30(3)4/h7-12,16-18H,1-2,6,13-14H2,3-5H3. The number of hydrogen-bond donors (Lipinski definition) is 0. The molecule has 0 aliphatic carbocycles. The summed E-state index contributed by atoms with van der Waals surface area (Å²) in [6.45, 7) is 9.70. The number of aliphatic imine (C=N–C) groups is 1. The lowest BCUT2D eigenvalue weighted by Crippen LogP contribution is -2.30. The number of nitriles is 1. The van der Waals surface area contributed by atoms with Crippen molar-refractivity contribution >= 4 is 23.5 Å². The Balaban J connectivity index is 1.69. The van der Waals surface area contributed by atoms with Crippen molar-refractivity contribution in [3.05, 3.63) is 84.5 Å². The Morgan fingerprint density at radius 2 is 1.91 bits per heavy atom. The van der Waals surface area contributed by atoms with Crippen LogP contribution in [0, 0.1) is 11.3 Å². The average molecular weight is 457 g/mol. The first-order chi connectivity index (χ1) is 16.3. The summed E-state index contributed by atoms with van der Waals surface area (Å²) in [6, 6.07) is 12.5. The lowest BCUT2D eigenvalue weighted by atomic mass is 10.1. The molecule has 1 aromatic carbocycles. The van der Waals surface area contributed by atoms with E-state index in [1.807, 2.05) is 20.2 Å². The maximum atomic E-state index is 13.0. The van der Waals surface area contributed by atoms with E-state index in [1.165, 1.54) is 11.1 Å².